The molecule has 8 heteroatoms. The number of halogens is 3. The maximum atomic E-state index is 10.7. The minimum Gasteiger partial charge on any atom is -0.741 e. The normalized spacial score (nSPS) is 12.3. The summed E-state index contributed by atoms with van der Waals surface area (Å²) in [5.41, 5.74) is 1.42. The molecule has 4 nitrogen and oxygen atoms in total. The van der Waals surface area contributed by atoms with Crippen molar-refractivity contribution in [1.29, 1.82) is 0 Å². The second-order valence-corrected chi connectivity index (χ2v) is 7.86. The van der Waals surface area contributed by atoms with Crippen LogP contribution in [-0.4, -0.2) is 42.4 Å². The van der Waals surface area contributed by atoms with E-state index in [1.54, 1.807) is 0 Å². The Morgan fingerprint density at radius 2 is 1.50 bits per heavy atom. The Bertz CT molecular complexity index is 781. The van der Waals surface area contributed by atoms with Crippen LogP contribution in [0.3, 0.4) is 0 Å². The summed E-state index contributed by atoms with van der Waals surface area (Å²) in [6.07, 6.45) is 6.90. The van der Waals surface area contributed by atoms with Crippen LogP contribution in [0.2, 0.25) is 0 Å². The maximum Gasteiger partial charge on any atom is 0.485 e. The predicted molar refractivity (Wildman–Crippen MR) is 107 cm³/mol. The summed E-state index contributed by atoms with van der Waals surface area (Å²) in [4.78, 5) is 0. The molecule has 1 aromatic carbocycles. The van der Waals surface area contributed by atoms with Crippen molar-refractivity contribution in [3.05, 3.63) is 40.5 Å². The minimum absolute atomic E-state index is 1.07. The third-order valence-corrected chi connectivity index (χ3v) is 4.67. The van der Waals surface area contributed by atoms with Crippen molar-refractivity contribution in [1.82, 2.24) is 0 Å². The molecule has 0 atom stereocenters. The molecule has 0 saturated heterocycles. The summed E-state index contributed by atoms with van der Waals surface area (Å²) in [5.74, 6) is 0. The molecule has 0 aromatic heterocycles. The number of hydrogen-bond acceptors (Lipinski definition) is 3. The van der Waals surface area contributed by atoms with E-state index in [4.69, 9.17) is 13.0 Å². The lowest BCUT2D eigenvalue weighted by Crippen LogP contribution is -2.21. The van der Waals surface area contributed by atoms with Gasteiger partial charge in [-0.2, -0.15) is 13.2 Å². The van der Waals surface area contributed by atoms with Crippen molar-refractivity contribution in [2.75, 3.05) is 13.1 Å². The maximum absolute atomic E-state index is 10.7. The molecule has 0 aliphatic heterocycles. The zero-order valence-electron chi connectivity index (χ0n) is 17.4. The molecular formula is C20H30F3NO3S. The van der Waals surface area contributed by atoms with Gasteiger partial charge in [0.2, 0.25) is 0 Å². The number of benzene rings is 1. The largest absolute Gasteiger partial charge is 0.741 e. The van der Waals surface area contributed by atoms with E-state index in [1.807, 2.05) is 0 Å². The van der Waals surface area contributed by atoms with Gasteiger partial charge >= 0.3 is 5.51 Å². The molecular weight excluding hydrogens is 391 g/mol. The fourth-order valence-electron chi connectivity index (χ4n) is 2.88. The van der Waals surface area contributed by atoms with E-state index in [-0.39, 0.29) is 0 Å². The Labute approximate surface area is 166 Å². The van der Waals surface area contributed by atoms with Crippen molar-refractivity contribution >= 4 is 21.9 Å². The molecule has 0 amide bonds. The Balaban J connectivity index is 0.000000769. The van der Waals surface area contributed by atoms with Crippen molar-refractivity contribution in [3.8, 4) is 0 Å². The van der Waals surface area contributed by atoms with Gasteiger partial charge in [0.15, 0.2) is 16.3 Å². The molecule has 1 aromatic rings. The minimum atomic E-state index is -6.09. The van der Waals surface area contributed by atoms with E-state index in [0.29, 0.717) is 0 Å². The van der Waals surface area contributed by atoms with E-state index in [2.05, 4.69) is 70.5 Å². The van der Waals surface area contributed by atoms with Crippen LogP contribution in [-0.2, 0) is 10.1 Å². The van der Waals surface area contributed by atoms with Gasteiger partial charge in [0.25, 0.3) is 0 Å². The summed E-state index contributed by atoms with van der Waals surface area (Å²) in [5, 5.41) is 0. The zero-order chi connectivity index (χ0) is 22.1. The molecule has 28 heavy (non-hydrogen) atoms. The first kappa shape index (κ1) is 26.3. The molecule has 0 saturated carbocycles. The van der Waals surface area contributed by atoms with Gasteiger partial charge in [-0.25, -0.2) is 13.0 Å². The van der Waals surface area contributed by atoms with Crippen LogP contribution in [0.1, 0.15) is 55.9 Å². The van der Waals surface area contributed by atoms with Crippen molar-refractivity contribution in [3.63, 3.8) is 0 Å². The van der Waals surface area contributed by atoms with Crippen molar-refractivity contribution in [2.45, 2.75) is 59.9 Å². The number of alkyl halides is 3. The second-order valence-electron chi connectivity index (χ2n) is 6.49. The summed E-state index contributed by atoms with van der Waals surface area (Å²) >= 11 is 0. The third kappa shape index (κ3) is 8.56. The monoisotopic (exact) mass is 421 g/mol. The highest BCUT2D eigenvalue weighted by Crippen LogP contribution is 2.27. The Hall–Kier alpha value is -1.67. The van der Waals surface area contributed by atoms with Crippen LogP contribution in [0.4, 0.5) is 13.2 Å². The Kier molecular flexibility index (Phi) is 10.7. The topological polar surface area (TPSA) is 60.2 Å². The van der Waals surface area contributed by atoms with Crippen LogP contribution < -0.4 is 0 Å². The van der Waals surface area contributed by atoms with E-state index in [0.717, 1.165) is 19.5 Å². The first-order valence-corrected chi connectivity index (χ1v) is 10.6. The molecule has 0 fully saturated rings. The van der Waals surface area contributed by atoms with E-state index in [9.17, 15) is 13.2 Å². The standard InChI is InChI=1S/C19H30N.CHF3O3S/c1-7-10-18(11-12-20(8-2)9-3)19-16(5)13-15(4)14-17(19)6;2-1(3,4)8(5,6)7/h11-14H,7-10H2,1-6H3;(H,5,6,7)/q+1;/p-1/b18-11+;. The van der Waals surface area contributed by atoms with Crippen molar-refractivity contribution in [2.24, 2.45) is 0 Å². The van der Waals surface area contributed by atoms with Crippen LogP contribution in [0.15, 0.2) is 18.2 Å². The average Bonchev–Trinajstić information content (AvgIpc) is 2.53. The molecule has 1 rings (SSSR count). The van der Waals surface area contributed by atoms with Gasteiger partial charge in [-0.3, -0.25) is 0 Å². The van der Waals surface area contributed by atoms with Crippen LogP contribution >= 0.6 is 0 Å². The molecule has 0 heterocycles. The Morgan fingerprint density at radius 3 is 1.82 bits per heavy atom. The molecule has 0 bridgehead atoms. The first-order valence-electron chi connectivity index (χ1n) is 9.16. The lowest BCUT2D eigenvalue weighted by atomic mass is 9.91. The van der Waals surface area contributed by atoms with Crippen LogP contribution in [0, 0.1) is 20.8 Å². The molecule has 0 radical (unpaired) electrons. The summed E-state index contributed by atoms with van der Waals surface area (Å²) in [6.45, 7) is 15.4. The predicted octanol–water partition coefficient (Wildman–Crippen LogP) is 4.97. The van der Waals surface area contributed by atoms with E-state index in [1.165, 1.54) is 34.2 Å². The highest BCUT2D eigenvalue weighted by molar-refractivity contribution is 7.86. The number of allylic oxidation sites excluding steroid dienone is 2. The first-order chi connectivity index (χ1) is 12.8. The molecule has 0 aliphatic rings. The van der Waals surface area contributed by atoms with E-state index < -0.39 is 15.6 Å². The second kappa shape index (κ2) is 11.4. The highest BCUT2D eigenvalue weighted by Gasteiger charge is 2.36. The molecule has 160 valence electrons. The Morgan fingerprint density at radius 1 is 1.07 bits per heavy atom. The zero-order valence-corrected chi connectivity index (χ0v) is 18.2. The van der Waals surface area contributed by atoms with Gasteiger partial charge in [-0.05, 0) is 63.3 Å². The smallest absolute Gasteiger partial charge is 0.485 e. The molecule has 0 aliphatic carbocycles. The number of rotatable bonds is 6. The SMILES string of the molecule is CCC/C(=C\C=[N+](CC)CC)c1c(C)cc(C)cc1C.O=S(=O)([O-])C(F)(F)F. The number of nitrogens with zero attached hydrogens (tertiary/aromatic N) is 1. The molecule has 0 spiro atoms. The van der Waals surface area contributed by atoms with Gasteiger partial charge in [-0.1, -0.05) is 31.0 Å². The highest BCUT2D eigenvalue weighted by atomic mass is 32.2. The van der Waals surface area contributed by atoms with E-state index >= 15 is 0 Å². The van der Waals surface area contributed by atoms with Gasteiger partial charge in [0, 0.05) is 6.08 Å². The molecule has 0 unspecified atom stereocenters. The molecule has 0 N–H and O–H groups in total. The van der Waals surface area contributed by atoms with Crippen LogP contribution in [0.5, 0.6) is 0 Å². The van der Waals surface area contributed by atoms with Gasteiger partial charge in [0.05, 0.1) is 0 Å². The van der Waals surface area contributed by atoms with Gasteiger partial charge < -0.3 is 4.55 Å². The summed E-state index contributed by atoms with van der Waals surface area (Å²) < 4.78 is 61.2. The van der Waals surface area contributed by atoms with Gasteiger partial charge in [-0.15, -0.1) is 0 Å². The number of hydrogen-bond donors (Lipinski definition) is 0. The fraction of sp³-hybridized carbons (Fsp3) is 0.550. The lowest BCUT2D eigenvalue weighted by Gasteiger charge is -2.14. The lowest BCUT2D eigenvalue weighted by molar-refractivity contribution is -0.515. The third-order valence-electron chi connectivity index (χ3n) is 4.10. The average molecular weight is 422 g/mol. The van der Waals surface area contributed by atoms with Crippen molar-refractivity contribution < 1.29 is 30.7 Å². The summed E-state index contributed by atoms with van der Waals surface area (Å²) in [7, 11) is -6.09. The summed E-state index contributed by atoms with van der Waals surface area (Å²) in [6, 6.07) is 4.59. The van der Waals surface area contributed by atoms with Gasteiger partial charge in [0.1, 0.15) is 13.1 Å². The van der Waals surface area contributed by atoms with Crippen LogP contribution in [0.25, 0.3) is 5.57 Å². The quantitative estimate of drug-likeness (QED) is 0.282. The number of aryl methyl sites for hydroxylation is 3. The fourth-order valence-corrected chi connectivity index (χ4v) is 2.88.